The number of halogens is 5. The molecule has 0 unspecified atom stereocenters. The van der Waals surface area contributed by atoms with Crippen LogP contribution in [0.25, 0.3) is 5.32 Å². The molecular formula is C9H23ClF4N4Ti-2. The number of rotatable bonds is 0. The molecule has 0 atom stereocenters. The van der Waals surface area contributed by atoms with Crippen LogP contribution in [0.15, 0.2) is 0 Å². The molecule has 0 aromatic rings. The third-order valence-electron chi connectivity index (χ3n) is 1.85. The summed E-state index contributed by atoms with van der Waals surface area (Å²) in [5.74, 6) is 0. The zero-order chi connectivity index (χ0) is 13.0. The molecule has 1 rings (SSSR count). The van der Waals surface area contributed by atoms with Crippen molar-refractivity contribution in [2.45, 2.75) is 0 Å². The van der Waals surface area contributed by atoms with Crippen molar-refractivity contribution in [1.29, 1.82) is 0 Å². The second-order valence-corrected chi connectivity index (χ2v) is 4.69. The second kappa shape index (κ2) is 16.6. The van der Waals surface area contributed by atoms with E-state index in [2.05, 4.69) is 21.3 Å². The third kappa shape index (κ3) is 32.3. The maximum absolute atomic E-state index is 9.88. The van der Waals surface area contributed by atoms with Gasteiger partial charge in [-0.2, -0.15) is 0 Å². The van der Waals surface area contributed by atoms with E-state index < -0.39 is 18.7 Å². The van der Waals surface area contributed by atoms with Crippen molar-refractivity contribution >= 4 is 12.4 Å². The van der Waals surface area contributed by atoms with Crippen molar-refractivity contribution in [2.75, 3.05) is 52.4 Å². The van der Waals surface area contributed by atoms with E-state index in [1.165, 1.54) is 0 Å². The van der Waals surface area contributed by atoms with Gasteiger partial charge in [-0.1, -0.05) is 0 Å². The molecule has 0 bridgehead atoms. The first-order valence-corrected chi connectivity index (χ1v) is 7.87. The molecule has 120 valence electrons. The first kappa shape index (κ1) is 24.6. The van der Waals surface area contributed by atoms with Crippen LogP contribution < -0.4 is 16.0 Å². The fraction of sp³-hybridized carbons (Fsp3) is 0.889. The first-order chi connectivity index (χ1) is 8.00. The van der Waals surface area contributed by atoms with Crippen molar-refractivity contribution in [3.63, 3.8) is 0 Å². The summed E-state index contributed by atoms with van der Waals surface area (Å²) < 4.78 is 39.5. The molecule has 0 aliphatic carbocycles. The summed E-state index contributed by atoms with van der Waals surface area (Å²) in [6.45, 7) is 8.14. The Bertz CT molecular complexity index is 128. The number of nitrogens with one attached hydrogen (secondary N) is 3. The molecule has 19 heavy (non-hydrogen) atoms. The summed E-state index contributed by atoms with van der Waals surface area (Å²) in [4.78, 5) is 0. The van der Waals surface area contributed by atoms with Gasteiger partial charge in [-0.15, -0.1) is 25.5 Å². The molecule has 10 heteroatoms. The van der Waals surface area contributed by atoms with E-state index in [0.717, 1.165) is 52.4 Å². The summed E-state index contributed by atoms with van der Waals surface area (Å²) in [6.07, 6.45) is 0. The van der Waals surface area contributed by atoms with Crippen LogP contribution in [0.2, 0.25) is 0 Å². The SMILES string of the molecule is C1CNCCNCCNCC[N-]1.Cl.[CH3-].[F][Ti]([F])([F])[F]. The molecular weight excluding hydrogens is 323 g/mol. The Kier molecular flexibility index (Phi) is 21.5. The quantitative estimate of drug-likeness (QED) is 0.355. The fourth-order valence-corrected chi connectivity index (χ4v) is 1.16. The third-order valence-corrected chi connectivity index (χ3v) is 1.85. The molecule has 3 N–H and O–H groups in total. The van der Waals surface area contributed by atoms with Crippen LogP contribution in [0.3, 0.4) is 0 Å². The van der Waals surface area contributed by atoms with Gasteiger partial charge in [-0.3, -0.25) is 0 Å². The summed E-state index contributed by atoms with van der Waals surface area (Å²) in [5, 5.41) is 14.4. The number of nitrogens with zero attached hydrogens (tertiary/aromatic N) is 1. The number of hydrogen-bond acceptors (Lipinski definition) is 3. The summed E-state index contributed by atoms with van der Waals surface area (Å²) in [6, 6.07) is 0. The van der Waals surface area contributed by atoms with Gasteiger partial charge < -0.3 is 28.7 Å². The molecule has 0 spiro atoms. The van der Waals surface area contributed by atoms with Crippen molar-refractivity contribution in [3.05, 3.63) is 12.7 Å². The normalized spacial score (nSPS) is 18.3. The van der Waals surface area contributed by atoms with Crippen molar-refractivity contribution in [3.8, 4) is 0 Å². The second-order valence-electron chi connectivity index (χ2n) is 3.35. The standard InChI is InChI=1S/C8H19N4.CH3.ClH.4FH.Ti/c1-2-10-5-6-12-8-7-11-4-3-9-1;;;;;;;/h9-11H,1-8H2;1H3;5*1H;/q2*-1;;;;;;+4/p-4. The molecule has 1 heterocycles. The first-order valence-electron chi connectivity index (χ1n) is 5.51. The molecule has 0 aromatic carbocycles. The van der Waals surface area contributed by atoms with E-state index in [1.54, 1.807) is 0 Å². The summed E-state index contributed by atoms with van der Waals surface area (Å²) in [5.41, 5.74) is 0. The average Bonchev–Trinajstić information content (AvgIpc) is 2.15. The van der Waals surface area contributed by atoms with E-state index >= 15 is 0 Å². The Morgan fingerprint density at radius 2 is 0.947 bits per heavy atom. The molecule has 0 radical (unpaired) electrons. The van der Waals surface area contributed by atoms with Crippen LogP contribution in [-0.2, 0) is 18.7 Å². The zero-order valence-electron chi connectivity index (χ0n) is 11.0. The summed E-state index contributed by atoms with van der Waals surface area (Å²) >= 11 is -7.00. The average molecular weight is 347 g/mol. The van der Waals surface area contributed by atoms with Gasteiger partial charge in [0.05, 0.1) is 0 Å². The van der Waals surface area contributed by atoms with E-state index in [0.29, 0.717) is 0 Å². The molecule has 1 saturated heterocycles. The molecule has 0 amide bonds. The summed E-state index contributed by atoms with van der Waals surface area (Å²) in [7, 11) is 0. The fourth-order valence-electron chi connectivity index (χ4n) is 1.16. The van der Waals surface area contributed by atoms with Crippen LogP contribution in [0.1, 0.15) is 0 Å². The molecule has 1 aliphatic rings. The van der Waals surface area contributed by atoms with Gasteiger partial charge in [0.1, 0.15) is 0 Å². The van der Waals surface area contributed by atoms with Gasteiger partial charge in [-0.25, -0.2) is 0 Å². The van der Waals surface area contributed by atoms with E-state index in [9.17, 15) is 12.4 Å². The molecule has 4 nitrogen and oxygen atoms in total. The van der Waals surface area contributed by atoms with E-state index in [1.807, 2.05) is 0 Å². The van der Waals surface area contributed by atoms with Crippen molar-refractivity contribution in [1.82, 2.24) is 16.0 Å². The van der Waals surface area contributed by atoms with Gasteiger partial charge >= 0.3 is 31.1 Å². The molecule has 1 fully saturated rings. The minimum atomic E-state index is -7.00. The van der Waals surface area contributed by atoms with Crippen molar-refractivity contribution in [2.24, 2.45) is 0 Å². The Balaban J connectivity index is -0.000000320. The minimum absolute atomic E-state index is 0. The van der Waals surface area contributed by atoms with Crippen molar-refractivity contribution < 1.29 is 31.1 Å². The Morgan fingerprint density at radius 1 is 0.684 bits per heavy atom. The van der Waals surface area contributed by atoms with Crippen LogP contribution >= 0.6 is 12.4 Å². The zero-order valence-corrected chi connectivity index (χ0v) is 13.4. The number of hydrogen-bond donors (Lipinski definition) is 3. The maximum atomic E-state index is 9.88. The Labute approximate surface area is 124 Å². The van der Waals surface area contributed by atoms with Gasteiger partial charge in [0.2, 0.25) is 0 Å². The molecule has 0 aromatic heterocycles. The Hall–Kier alpha value is 0.564. The van der Waals surface area contributed by atoms with Crippen LogP contribution in [-0.4, -0.2) is 52.4 Å². The predicted molar refractivity (Wildman–Crippen MR) is 69.8 cm³/mol. The monoisotopic (exact) mass is 346 g/mol. The van der Waals surface area contributed by atoms with Gasteiger partial charge in [-0.05, 0) is 13.1 Å². The molecule has 0 saturated carbocycles. The van der Waals surface area contributed by atoms with E-state index in [4.69, 9.17) is 0 Å². The van der Waals surface area contributed by atoms with Crippen LogP contribution in [0, 0.1) is 7.43 Å². The van der Waals surface area contributed by atoms with Crippen LogP contribution in [0.5, 0.6) is 0 Å². The van der Waals surface area contributed by atoms with Crippen LogP contribution in [0.4, 0.5) is 12.4 Å². The van der Waals surface area contributed by atoms with Gasteiger partial charge in [0, 0.05) is 26.2 Å². The van der Waals surface area contributed by atoms with Gasteiger partial charge in [0.25, 0.3) is 0 Å². The molecule has 1 aliphatic heterocycles. The Morgan fingerprint density at radius 3 is 1.26 bits per heavy atom. The topological polar surface area (TPSA) is 50.2 Å². The predicted octanol–water partition coefficient (Wildman–Crippen LogP) is 1.69. The van der Waals surface area contributed by atoms with Gasteiger partial charge in [0.15, 0.2) is 0 Å². The van der Waals surface area contributed by atoms with E-state index in [-0.39, 0.29) is 19.8 Å².